The molecule has 3 N–H and O–H groups in total. The first-order valence-electron chi connectivity index (χ1n) is 37.5. The zero-order valence-corrected chi connectivity index (χ0v) is 60.9. The molecule has 0 amide bonds. The van der Waals surface area contributed by atoms with E-state index >= 15 is 0 Å². The zero-order chi connectivity index (χ0) is 67.2. The number of hydrogen-bond donors (Lipinski definition) is 3. The average molecular weight is 1340 g/mol. The maximum absolute atomic E-state index is 13.0. The lowest BCUT2D eigenvalue weighted by atomic mass is 9.99. The second kappa shape index (κ2) is 64.1. The molecule has 0 aliphatic heterocycles. The molecule has 0 saturated carbocycles. The Labute approximate surface area is 556 Å². The number of hydrogen-bond acceptors (Lipinski definition) is 15. The van der Waals surface area contributed by atoms with Gasteiger partial charge in [-0.1, -0.05) is 318 Å². The number of unbranched alkanes of at least 4 members (excludes halogenated alkanes) is 40. The Balaban J connectivity index is 5.21. The van der Waals surface area contributed by atoms with E-state index < -0.39 is 97.5 Å². The highest BCUT2D eigenvalue weighted by Crippen LogP contribution is 2.45. The third kappa shape index (κ3) is 65.1. The molecular formula is C72H140O17P2. The van der Waals surface area contributed by atoms with Crippen LogP contribution < -0.4 is 0 Å². The summed E-state index contributed by atoms with van der Waals surface area (Å²) >= 11 is 0. The summed E-state index contributed by atoms with van der Waals surface area (Å²) < 4.78 is 68.3. The number of carbonyl (C=O) groups is 4. The molecule has 0 bridgehead atoms. The van der Waals surface area contributed by atoms with Crippen molar-refractivity contribution in [2.45, 2.75) is 387 Å². The molecule has 6 atom stereocenters. The van der Waals surface area contributed by atoms with Gasteiger partial charge >= 0.3 is 39.5 Å². The molecule has 3 unspecified atom stereocenters. The second-order valence-corrected chi connectivity index (χ2v) is 29.6. The molecule has 0 aromatic rings. The zero-order valence-electron chi connectivity index (χ0n) is 59.1. The Morgan fingerprint density at radius 1 is 0.319 bits per heavy atom. The standard InChI is InChI=1S/C72H140O17P2/c1-7-10-12-14-16-18-31-38-44-50-56-71(76)88-67(60-82-69(74)54-48-42-36-17-15-13-11-8-2)62-86-90(78,79)84-58-66(73)59-85-91(80,81)87-63-68(61-83-70(75)55-49-43-37-32-27-24-23-25-29-34-40-46-52-64(4)5)89-72(77)57-51-45-39-33-28-22-20-19-21-26-30-35-41-47-53-65(6)9-3/h64-68,73H,7-63H2,1-6H3,(H,78,79)(H,80,81)/t65?,66-,67+,68+/m0/s1. The molecule has 0 aliphatic carbocycles. The predicted molar refractivity (Wildman–Crippen MR) is 368 cm³/mol. The number of phosphoric acid groups is 2. The number of ether oxygens (including phenoxy) is 4. The number of rotatable bonds is 71. The van der Waals surface area contributed by atoms with Crippen LogP contribution in [0.3, 0.4) is 0 Å². The van der Waals surface area contributed by atoms with Crippen LogP contribution in [0.4, 0.5) is 0 Å². The lowest BCUT2D eigenvalue weighted by Gasteiger charge is -2.21. The van der Waals surface area contributed by atoms with Crippen LogP contribution in [0.25, 0.3) is 0 Å². The first-order chi connectivity index (χ1) is 43.9. The molecule has 540 valence electrons. The summed E-state index contributed by atoms with van der Waals surface area (Å²) in [6.07, 6.45) is 49.9. The molecule has 0 aromatic heterocycles. The van der Waals surface area contributed by atoms with E-state index in [0.29, 0.717) is 25.7 Å². The molecule has 0 heterocycles. The first kappa shape index (κ1) is 89.1. The lowest BCUT2D eigenvalue weighted by molar-refractivity contribution is -0.161. The summed E-state index contributed by atoms with van der Waals surface area (Å²) in [5, 5.41) is 10.6. The molecule has 17 nitrogen and oxygen atoms in total. The van der Waals surface area contributed by atoms with Gasteiger partial charge in [-0.25, -0.2) is 9.13 Å². The fourth-order valence-corrected chi connectivity index (χ4v) is 12.5. The predicted octanol–water partition coefficient (Wildman–Crippen LogP) is 20.8. The van der Waals surface area contributed by atoms with Crippen LogP contribution in [-0.4, -0.2) is 96.7 Å². The van der Waals surface area contributed by atoms with Gasteiger partial charge in [0.05, 0.1) is 26.4 Å². The van der Waals surface area contributed by atoms with Gasteiger partial charge in [0, 0.05) is 25.7 Å². The molecule has 0 aliphatic rings. The van der Waals surface area contributed by atoms with Crippen LogP contribution in [-0.2, 0) is 65.4 Å². The van der Waals surface area contributed by atoms with E-state index in [1.807, 2.05) is 0 Å². The first-order valence-corrected chi connectivity index (χ1v) is 40.5. The van der Waals surface area contributed by atoms with Crippen molar-refractivity contribution in [3.8, 4) is 0 Å². The van der Waals surface area contributed by atoms with Gasteiger partial charge < -0.3 is 33.8 Å². The molecule has 0 saturated heterocycles. The fourth-order valence-electron chi connectivity index (χ4n) is 10.9. The minimum Gasteiger partial charge on any atom is -0.462 e. The number of esters is 4. The van der Waals surface area contributed by atoms with Crippen molar-refractivity contribution in [2.75, 3.05) is 39.6 Å². The Morgan fingerprint density at radius 3 is 0.835 bits per heavy atom. The highest BCUT2D eigenvalue weighted by molar-refractivity contribution is 7.47. The molecule has 0 aromatic carbocycles. The van der Waals surface area contributed by atoms with Crippen LogP contribution in [0.15, 0.2) is 0 Å². The van der Waals surface area contributed by atoms with Crippen molar-refractivity contribution >= 4 is 39.5 Å². The summed E-state index contributed by atoms with van der Waals surface area (Å²) in [5.74, 6) is -0.496. The van der Waals surface area contributed by atoms with Crippen molar-refractivity contribution in [3.05, 3.63) is 0 Å². The van der Waals surface area contributed by atoms with Crippen LogP contribution in [0, 0.1) is 11.8 Å². The minimum atomic E-state index is -4.95. The topological polar surface area (TPSA) is 237 Å². The second-order valence-electron chi connectivity index (χ2n) is 26.7. The van der Waals surface area contributed by atoms with Crippen LogP contribution >= 0.6 is 15.6 Å². The molecule has 0 fully saturated rings. The van der Waals surface area contributed by atoms with E-state index in [2.05, 4.69) is 41.5 Å². The van der Waals surface area contributed by atoms with Gasteiger partial charge in [0.1, 0.15) is 19.3 Å². The van der Waals surface area contributed by atoms with E-state index in [9.17, 15) is 43.2 Å². The third-order valence-corrected chi connectivity index (χ3v) is 19.0. The molecule has 91 heavy (non-hydrogen) atoms. The Morgan fingerprint density at radius 2 is 0.560 bits per heavy atom. The van der Waals surface area contributed by atoms with Crippen LogP contribution in [0.5, 0.6) is 0 Å². The van der Waals surface area contributed by atoms with Gasteiger partial charge in [0.25, 0.3) is 0 Å². The number of carbonyl (C=O) groups excluding carboxylic acids is 4. The maximum Gasteiger partial charge on any atom is 0.472 e. The van der Waals surface area contributed by atoms with Crippen molar-refractivity contribution in [3.63, 3.8) is 0 Å². The van der Waals surface area contributed by atoms with Gasteiger partial charge in [0.2, 0.25) is 0 Å². The third-order valence-electron chi connectivity index (χ3n) is 17.1. The van der Waals surface area contributed by atoms with Crippen molar-refractivity contribution in [1.82, 2.24) is 0 Å². The van der Waals surface area contributed by atoms with E-state index in [1.54, 1.807) is 0 Å². The fraction of sp³-hybridized carbons (Fsp3) is 0.944. The number of phosphoric ester groups is 2. The van der Waals surface area contributed by atoms with E-state index in [0.717, 1.165) is 108 Å². The largest absolute Gasteiger partial charge is 0.472 e. The average Bonchev–Trinajstić information content (AvgIpc) is 3.42. The maximum atomic E-state index is 13.0. The molecule has 0 radical (unpaired) electrons. The SMILES string of the molecule is CCCCCCCCCCCCC(=O)O[C@H](COC(=O)CCCCCCCCCC)COP(=O)(O)OC[C@H](O)COP(=O)(O)OC[C@@H](COC(=O)CCCCCCCCCCCCCCC(C)C)OC(=O)CCCCCCCCCCCCCCCCC(C)CC. The van der Waals surface area contributed by atoms with Gasteiger partial charge in [-0.3, -0.25) is 37.3 Å². The number of aliphatic hydroxyl groups excluding tert-OH is 1. The molecular weight excluding hydrogens is 1200 g/mol. The van der Waals surface area contributed by atoms with E-state index in [-0.39, 0.29) is 25.7 Å². The Bertz CT molecular complexity index is 1770. The molecule has 0 spiro atoms. The monoisotopic (exact) mass is 1340 g/mol. The normalized spacial score (nSPS) is 14.4. The van der Waals surface area contributed by atoms with Gasteiger partial charge in [0.15, 0.2) is 12.2 Å². The van der Waals surface area contributed by atoms with Crippen LogP contribution in [0.2, 0.25) is 0 Å². The minimum absolute atomic E-state index is 0.106. The number of aliphatic hydroxyl groups is 1. The Kier molecular flexibility index (Phi) is 62.7. The summed E-state index contributed by atoms with van der Waals surface area (Å²) in [4.78, 5) is 72.5. The highest BCUT2D eigenvalue weighted by Gasteiger charge is 2.30. The summed E-state index contributed by atoms with van der Waals surface area (Å²) in [6, 6.07) is 0. The lowest BCUT2D eigenvalue weighted by Crippen LogP contribution is -2.30. The van der Waals surface area contributed by atoms with Crippen molar-refractivity contribution < 1.29 is 80.2 Å². The van der Waals surface area contributed by atoms with Crippen LogP contribution in [0.1, 0.15) is 369 Å². The van der Waals surface area contributed by atoms with Gasteiger partial charge in [-0.15, -0.1) is 0 Å². The van der Waals surface area contributed by atoms with Gasteiger partial charge in [-0.05, 0) is 37.5 Å². The summed E-state index contributed by atoms with van der Waals surface area (Å²) in [6.45, 7) is 9.60. The smallest absolute Gasteiger partial charge is 0.462 e. The quantitative estimate of drug-likeness (QED) is 0.0222. The summed E-state index contributed by atoms with van der Waals surface area (Å²) in [7, 11) is -9.90. The van der Waals surface area contributed by atoms with E-state index in [4.69, 9.17) is 37.0 Å². The Hall–Kier alpha value is -1.94. The molecule has 0 rings (SSSR count). The van der Waals surface area contributed by atoms with Gasteiger partial charge in [-0.2, -0.15) is 0 Å². The van der Waals surface area contributed by atoms with E-state index in [1.165, 1.54) is 180 Å². The van der Waals surface area contributed by atoms with Crippen molar-refractivity contribution in [2.24, 2.45) is 11.8 Å². The highest BCUT2D eigenvalue weighted by atomic mass is 31.2. The molecule has 19 heteroatoms. The summed E-state index contributed by atoms with van der Waals surface area (Å²) in [5.41, 5.74) is 0. The van der Waals surface area contributed by atoms with Crippen molar-refractivity contribution in [1.29, 1.82) is 0 Å².